The Kier molecular flexibility index (Phi) is 8.65. The Morgan fingerprint density at radius 2 is 2.00 bits per heavy atom. The van der Waals surface area contributed by atoms with Gasteiger partial charge in [-0.3, -0.25) is 14.9 Å². The van der Waals surface area contributed by atoms with E-state index in [9.17, 15) is 18.0 Å². The van der Waals surface area contributed by atoms with Gasteiger partial charge in [0.2, 0.25) is 5.91 Å². The van der Waals surface area contributed by atoms with E-state index in [0.717, 1.165) is 4.21 Å². The first-order valence-corrected chi connectivity index (χ1v) is 14.8. The van der Waals surface area contributed by atoms with Crippen LogP contribution in [0.2, 0.25) is 0 Å². The number of hydrogen-bond donors (Lipinski definition) is 1. The number of thiazole rings is 1. The molecular formula is C23H28N4O6S3. The average molecular weight is 553 g/mol. The van der Waals surface area contributed by atoms with Crippen molar-refractivity contribution in [2.45, 2.75) is 46.1 Å². The highest BCUT2D eigenvalue weighted by Crippen LogP contribution is 2.33. The van der Waals surface area contributed by atoms with Crippen molar-refractivity contribution in [3.05, 3.63) is 36.0 Å². The van der Waals surface area contributed by atoms with Crippen LogP contribution in [-0.2, 0) is 29.0 Å². The normalized spacial score (nSPS) is 18.2. The van der Waals surface area contributed by atoms with E-state index in [0.29, 0.717) is 55.3 Å². The Balaban J connectivity index is 1.45. The Morgan fingerprint density at radius 3 is 2.64 bits per heavy atom. The molecule has 1 aromatic heterocycles. The molecule has 1 saturated heterocycles. The third-order valence-corrected chi connectivity index (χ3v) is 9.97. The molecule has 2 amide bonds. The molecule has 2 heterocycles. The molecule has 0 spiro atoms. The van der Waals surface area contributed by atoms with Crippen LogP contribution in [0.15, 0.2) is 44.7 Å². The SMILES string of the molecule is CN(C)C(=O)CCSc1cnc(NC(=O)/C(=N/O[C@@H]2CCOC2)c2ccc(S(=O)(=O)C3CC3)cc2)s1. The van der Waals surface area contributed by atoms with E-state index in [1.54, 1.807) is 37.3 Å². The lowest BCUT2D eigenvalue weighted by Crippen LogP contribution is -2.25. The Morgan fingerprint density at radius 1 is 1.25 bits per heavy atom. The molecule has 2 aliphatic rings. The van der Waals surface area contributed by atoms with Gasteiger partial charge in [-0.2, -0.15) is 0 Å². The van der Waals surface area contributed by atoms with Gasteiger partial charge in [-0.1, -0.05) is 28.6 Å². The lowest BCUT2D eigenvalue weighted by atomic mass is 10.1. The van der Waals surface area contributed by atoms with Crippen molar-refractivity contribution in [1.29, 1.82) is 0 Å². The van der Waals surface area contributed by atoms with Crippen molar-refractivity contribution in [2.24, 2.45) is 5.16 Å². The number of rotatable bonds is 11. The minimum Gasteiger partial charge on any atom is -0.389 e. The number of aromatic nitrogens is 1. The first-order valence-electron chi connectivity index (χ1n) is 11.5. The highest BCUT2D eigenvalue weighted by Gasteiger charge is 2.36. The molecule has 1 N–H and O–H groups in total. The summed E-state index contributed by atoms with van der Waals surface area (Å²) >= 11 is 2.78. The summed E-state index contributed by atoms with van der Waals surface area (Å²) in [5.74, 6) is 0.123. The second kappa shape index (κ2) is 11.7. The van der Waals surface area contributed by atoms with Crippen LogP contribution in [0, 0.1) is 0 Å². The van der Waals surface area contributed by atoms with Gasteiger partial charge < -0.3 is 14.5 Å². The van der Waals surface area contributed by atoms with Crippen LogP contribution in [-0.4, -0.2) is 80.2 Å². The van der Waals surface area contributed by atoms with Crippen molar-refractivity contribution < 1.29 is 27.6 Å². The maximum atomic E-state index is 13.1. The molecule has 0 unspecified atom stereocenters. The topological polar surface area (TPSA) is 127 Å². The molecular weight excluding hydrogens is 524 g/mol. The van der Waals surface area contributed by atoms with E-state index in [1.807, 2.05) is 0 Å². The second-order valence-corrected chi connectivity index (χ2v) is 13.3. The van der Waals surface area contributed by atoms with Crippen LogP contribution in [0.5, 0.6) is 0 Å². The lowest BCUT2D eigenvalue weighted by Gasteiger charge is -2.10. The summed E-state index contributed by atoms with van der Waals surface area (Å²) in [5.41, 5.74) is 0.438. The van der Waals surface area contributed by atoms with Gasteiger partial charge in [0, 0.05) is 38.3 Å². The number of amides is 2. The number of nitrogens with zero attached hydrogens (tertiary/aromatic N) is 3. The fraction of sp³-hybridized carbons (Fsp3) is 0.478. The number of ether oxygens (including phenoxy) is 1. The van der Waals surface area contributed by atoms with Crippen molar-refractivity contribution in [3.63, 3.8) is 0 Å². The van der Waals surface area contributed by atoms with Gasteiger partial charge >= 0.3 is 0 Å². The van der Waals surface area contributed by atoms with Gasteiger partial charge in [0.1, 0.15) is 0 Å². The number of thioether (sulfide) groups is 1. The van der Waals surface area contributed by atoms with Crippen LogP contribution in [0.3, 0.4) is 0 Å². The van der Waals surface area contributed by atoms with Crippen molar-refractivity contribution in [1.82, 2.24) is 9.88 Å². The maximum Gasteiger partial charge on any atom is 0.280 e. The van der Waals surface area contributed by atoms with Gasteiger partial charge in [-0.05, 0) is 25.0 Å². The predicted octanol–water partition coefficient (Wildman–Crippen LogP) is 2.80. The zero-order chi connectivity index (χ0) is 25.7. The quantitative estimate of drug-likeness (QED) is 0.256. The van der Waals surface area contributed by atoms with Crippen molar-refractivity contribution in [2.75, 3.05) is 38.4 Å². The number of hydrogen-bond acceptors (Lipinski definition) is 10. The molecule has 194 valence electrons. The van der Waals surface area contributed by atoms with Gasteiger partial charge in [0.05, 0.1) is 33.8 Å². The zero-order valence-corrected chi connectivity index (χ0v) is 22.5. The number of carbonyl (C=O) groups is 2. The van der Waals surface area contributed by atoms with Crippen LogP contribution in [0.4, 0.5) is 5.13 Å². The average Bonchev–Trinajstić information content (AvgIpc) is 3.43. The Bertz CT molecular complexity index is 1220. The van der Waals surface area contributed by atoms with Crippen LogP contribution in [0.1, 0.15) is 31.2 Å². The molecule has 36 heavy (non-hydrogen) atoms. The summed E-state index contributed by atoms with van der Waals surface area (Å²) in [6.45, 7) is 0.954. The van der Waals surface area contributed by atoms with Gasteiger partial charge in [-0.15, -0.1) is 11.8 Å². The summed E-state index contributed by atoms with van der Waals surface area (Å²) in [4.78, 5) is 36.5. The first kappa shape index (κ1) is 26.6. The summed E-state index contributed by atoms with van der Waals surface area (Å²) in [7, 11) is 0.0953. The number of carbonyl (C=O) groups excluding carboxylic acids is 2. The highest BCUT2D eigenvalue weighted by molar-refractivity contribution is 8.01. The molecule has 1 saturated carbocycles. The molecule has 4 rings (SSSR count). The van der Waals surface area contributed by atoms with Crippen LogP contribution in [0.25, 0.3) is 0 Å². The van der Waals surface area contributed by atoms with Gasteiger partial charge in [0.15, 0.2) is 26.8 Å². The minimum absolute atomic E-state index is 0.0123. The van der Waals surface area contributed by atoms with Gasteiger partial charge in [-0.25, -0.2) is 13.4 Å². The van der Waals surface area contributed by atoms with Crippen LogP contribution < -0.4 is 5.32 Å². The summed E-state index contributed by atoms with van der Waals surface area (Å²) < 4.78 is 31.2. The van der Waals surface area contributed by atoms with E-state index in [4.69, 9.17) is 9.57 Å². The van der Waals surface area contributed by atoms with Crippen molar-refractivity contribution in [3.8, 4) is 0 Å². The molecule has 13 heteroatoms. The summed E-state index contributed by atoms with van der Waals surface area (Å²) in [6, 6.07) is 6.12. The second-order valence-electron chi connectivity index (χ2n) is 8.62. The molecule has 2 aromatic rings. The molecule has 2 fully saturated rings. The fourth-order valence-electron chi connectivity index (χ4n) is 3.32. The lowest BCUT2D eigenvalue weighted by molar-refractivity contribution is -0.128. The maximum absolute atomic E-state index is 13.1. The van der Waals surface area contributed by atoms with E-state index in [1.165, 1.54) is 35.2 Å². The monoisotopic (exact) mass is 552 g/mol. The Hall–Kier alpha value is -2.48. The predicted molar refractivity (Wildman–Crippen MR) is 138 cm³/mol. The smallest absolute Gasteiger partial charge is 0.280 e. The minimum atomic E-state index is -3.34. The number of sulfone groups is 1. The molecule has 0 radical (unpaired) electrons. The molecule has 1 aromatic carbocycles. The zero-order valence-electron chi connectivity index (χ0n) is 20.0. The largest absolute Gasteiger partial charge is 0.389 e. The number of benzene rings is 1. The van der Waals surface area contributed by atoms with Crippen LogP contribution >= 0.6 is 23.1 Å². The molecule has 1 aliphatic carbocycles. The van der Waals surface area contributed by atoms with Gasteiger partial charge in [0.25, 0.3) is 5.91 Å². The molecule has 1 aliphatic heterocycles. The fourth-order valence-corrected chi connectivity index (χ4v) is 6.85. The molecule has 10 nitrogen and oxygen atoms in total. The summed E-state index contributed by atoms with van der Waals surface area (Å²) in [5, 5.41) is 6.92. The molecule has 1 atom stereocenters. The van der Waals surface area contributed by atoms with E-state index in [-0.39, 0.29) is 27.9 Å². The standard InChI is InChI=1S/C23H28N4O6S3/c1-27(2)19(28)10-12-34-20-13-24-23(35-20)25-22(29)21(26-33-16-9-11-32-14-16)15-3-5-17(6-4-15)36(30,31)18-7-8-18/h3-6,13,16,18H,7-12,14H2,1-2H3,(H,24,25,29)/b26-21+/t16-/m1/s1. The van der Waals surface area contributed by atoms with E-state index in [2.05, 4.69) is 15.5 Å². The first-order chi connectivity index (χ1) is 17.2. The Labute approximate surface area is 218 Å². The summed E-state index contributed by atoms with van der Waals surface area (Å²) in [6.07, 6.45) is 3.82. The van der Waals surface area contributed by atoms with Crippen molar-refractivity contribution >= 4 is 55.6 Å². The van der Waals surface area contributed by atoms with E-state index >= 15 is 0 Å². The third kappa shape index (κ3) is 6.84. The third-order valence-electron chi connectivity index (χ3n) is 5.58. The number of anilines is 1. The number of nitrogens with one attached hydrogen (secondary N) is 1. The molecule has 0 bridgehead atoms. The number of oxime groups is 1. The van der Waals surface area contributed by atoms with E-state index < -0.39 is 15.7 Å². The highest BCUT2D eigenvalue weighted by atomic mass is 32.2.